The summed E-state index contributed by atoms with van der Waals surface area (Å²) < 4.78 is 5.41. The summed E-state index contributed by atoms with van der Waals surface area (Å²) in [7, 11) is 0. The molecule has 0 radical (unpaired) electrons. The Balaban J connectivity index is 2.44. The van der Waals surface area contributed by atoms with Crippen molar-refractivity contribution in [2.45, 2.75) is 46.2 Å². The van der Waals surface area contributed by atoms with Crippen LogP contribution in [-0.2, 0) is 9.53 Å². The SMILES string of the molecule is CCCNC1COCC1C(=O)NC(C)C(C)C. The van der Waals surface area contributed by atoms with E-state index in [9.17, 15) is 4.79 Å². The second-order valence-corrected chi connectivity index (χ2v) is 5.25. The molecule has 0 aromatic carbocycles. The summed E-state index contributed by atoms with van der Waals surface area (Å²) in [4.78, 5) is 12.1. The van der Waals surface area contributed by atoms with Crippen LogP contribution in [0.3, 0.4) is 0 Å². The first-order chi connectivity index (χ1) is 8.06. The highest BCUT2D eigenvalue weighted by Gasteiger charge is 2.34. The summed E-state index contributed by atoms with van der Waals surface area (Å²) in [5.74, 6) is 0.545. The number of nitrogens with one attached hydrogen (secondary N) is 2. The van der Waals surface area contributed by atoms with Crippen LogP contribution in [0, 0.1) is 11.8 Å². The third-order valence-corrected chi connectivity index (χ3v) is 3.44. The molecular weight excluding hydrogens is 216 g/mol. The molecular formula is C13H26N2O2. The molecule has 3 atom stereocenters. The lowest BCUT2D eigenvalue weighted by Crippen LogP contribution is -2.47. The van der Waals surface area contributed by atoms with Crippen LogP contribution in [0.4, 0.5) is 0 Å². The Bertz CT molecular complexity index is 244. The topological polar surface area (TPSA) is 50.4 Å². The molecule has 0 aromatic heterocycles. The summed E-state index contributed by atoms with van der Waals surface area (Å²) in [5.41, 5.74) is 0. The molecule has 100 valence electrons. The van der Waals surface area contributed by atoms with E-state index in [4.69, 9.17) is 4.74 Å². The zero-order valence-corrected chi connectivity index (χ0v) is 11.5. The van der Waals surface area contributed by atoms with E-state index in [1.54, 1.807) is 0 Å². The number of carbonyl (C=O) groups excluding carboxylic acids is 1. The van der Waals surface area contributed by atoms with Crippen molar-refractivity contribution in [1.29, 1.82) is 0 Å². The fraction of sp³-hybridized carbons (Fsp3) is 0.923. The second kappa shape index (κ2) is 6.97. The minimum absolute atomic E-state index is 0.0391. The van der Waals surface area contributed by atoms with Crippen LogP contribution in [0.25, 0.3) is 0 Å². The van der Waals surface area contributed by atoms with Crippen molar-refractivity contribution in [1.82, 2.24) is 10.6 Å². The van der Waals surface area contributed by atoms with Crippen LogP contribution < -0.4 is 10.6 Å². The summed E-state index contributed by atoms with van der Waals surface area (Å²) in [6, 6.07) is 0.393. The van der Waals surface area contributed by atoms with Gasteiger partial charge in [-0.05, 0) is 25.8 Å². The van der Waals surface area contributed by atoms with Gasteiger partial charge in [0.05, 0.1) is 19.1 Å². The maximum atomic E-state index is 12.1. The van der Waals surface area contributed by atoms with E-state index in [0.29, 0.717) is 19.1 Å². The average Bonchev–Trinajstić information content (AvgIpc) is 2.74. The first kappa shape index (κ1) is 14.5. The molecule has 1 heterocycles. The maximum absolute atomic E-state index is 12.1. The number of amides is 1. The highest BCUT2D eigenvalue weighted by Crippen LogP contribution is 2.15. The van der Waals surface area contributed by atoms with Gasteiger partial charge in [0.15, 0.2) is 0 Å². The lowest BCUT2D eigenvalue weighted by atomic mass is 10.0. The normalized spacial score (nSPS) is 26.2. The molecule has 4 heteroatoms. The number of hydrogen-bond donors (Lipinski definition) is 2. The molecule has 1 aliphatic rings. The van der Waals surface area contributed by atoms with Crippen molar-refractivity contribution >= 4 is 5.91 Å². The van der Waals surface area contributed by atoms with Crippen LogP contribution >= 0.6 is 0 Å². The van der Waals surface area contributed by atoms with E-state index >= 15 is 0 Å². The predicted octanol–water partition coefficient (Wildman–Crippen LogP) is 1.16. The smallest absolute Gasteiger partial charge is 0.227 e. The van der Waals surface area contributed by atoms with Crippen LogP contribution in [0.2, 0.25) is 0 Å². The molecule has 0 saturated carbocycles. The molecule has 1 fully saturated rings. The van der Waals surface area contributed by atoms with Gasteiger partial charge >= 0.3 is 0 Å². The Morgan fingerprint density at radius 2 is 2.06 bits per heavy atom. The molecule has 1 amide bonds. The number of hydrogen-bond acceptors (Lipinski definition) is 3. The van der Waals surface area contributed by atoms with Crippen molar-refractivity contribution < 1.29 is 9.53 Å². The number of rotatable bonds is 6. The minimum Gasteiger partial charge on any atom is -0.379 e. The minimum atomic E-state index is -0.0391. The molecule has 0 bridgehead atoms. The van der Waals surface area contributed by atoms with Gasteiger partial charge < -0.3 is 15.4 Å². The van der Waals surface area contributed by atoms with Gasteiger partial charge in [-0.15, -0.1) is 0 Å². The molecule has 1 aliphatic heterocycles. The lowest BCUT2D eigenvalue weighted by molar-refractivity contribution is -0.126. The molecule has 1 rings (SSSR count). The quantitative estimate of drug-likeness (QED) is 0.735. The Labute approximate surface area is 104 Å². The van der Waals surface area contributed by atoms with E-state index in [1.807, 2.05) is 6.92 Å². The van der Waals surface area contributed by atoms with Crippen LogP contribution in [0.5, 0.6) is 0 Å². The molecule has 2 N–H and O–H groups in total. The highest BCUT2D eigenvalue weighted by atomic mass is 16.5. The first-order valence-corrected chi connectivity index (χ1v) is 6.67. The maximum Gasteiger partial charge on any atom is 0.227 e. The zero-order chi connectivity index (χ0) is 12.8. The zero-order valence-electron chi connectivity index (χ0n) is 11.5. The largest absolute Gasteiger partial charge is 0.379 e. The van der Waals surface area contributed by atoms with Crippen molar-refractivity contribution in [3.63, 3.8) is 0 Å². The van der Waals surface area contributed by atoms with E-state index < -0.39 is 0 Å². The molecule has 3 unspecified atom stereocenters. The molecule has 17 heavy (non-hydrogen) atoms. The van der Waals surface area contributed by atoms with E-state index in [0.717, 1.165) is 13.0 Å². The number of ether oxygens (including phenoxy) is 1. The Morgan fingerprint density at radius 3 is 2.65 bits per heavy atom. The van der Waals surface area contributed by atoms with Crippen molar-refractivity contribution in [2.75, 3.05) is 19.8 Å². The second-order valence-electron chi connectivity index (χ2n) is 5.25. The lowest BCUT2D eigenvalue weighted by Gasteiger charge is -2.23. The monoisotopic (exact) mass is 242 g/mol. The standard InChI is InChI=1S/C13H26N2O2/c1-5-6-14-12-8-17-7-11(12)13(16)15-10(4)9(2)3/h9-12,14H,5-8H2,1-4H3,(H,15,16). The van der Waals surface area contributed by atoms with E-state index in [2.05, 4.69) is 31.4 Å². The van der Waals surface area contributed by atoms with Crippen molar-refractivity contribution in [3.05, 3.63) is 0 Å². The summed E-state index contributed by atoms with van der Waals surface area (Å²) in [5, 5.41) is 6.45. The molecule has 0 aliphatic carbocycles. The third-order valence-electron chi connectivity index (χ3n) is 3.44. The van der Waals surface area contributed by atoms with E-state index in [-0.39, 0.29) is 23.9 Å². The Kier molecular flexibility index (Phi) is 5.92. The fourth-order valence-electron chi connectivity index (χ4n) is 1.84. The van der Waals surface area contributed by atoms with Gasteiger partial charge in [-0.2, -0.15) is 0 Å². The Hall–Kier alpha value is -0.610. The van der Waals surface area contributed by atoms with Gasteiger partial charge in [-0.25, -0.2) is 0 Å². The summed E-state index contributed by atoms with van der Waals surface area (Å²) >= 11 is 0. The van der Waals surface area contributed by atoms with Gasteiger partial charge in [0.2, 0.25) is 5.91 Å². The predicted molar refractivity (Wildman–Crippen MR) is 68.8 cm³/mol. The highest BCUT2D eigenvalue weighted by molar-refractivity contribution is 5.80. The van der Waals surface area contributed by atoms with E-state index in [1.165, 1.54) is 0 Å². The first-order valence-electron chi connectivity index (χ1n) is 6.67. The van der Waals surface area contributed by atoms with Crippen molar-refractivity contribution in [3.8, 4) is 0 Å². The summed E-state index contributed by atoms with van der Waals surface area (Å²) in [6.45, 7) is 10.5. The van der Waals surface area contributed by atoms with Gasteiger partial charge in [0.1, 0.15) is 0 Å². The third kappa shape index (κ3) is 4.28. The van der Waals surface area contributed by atoms with Gasteiger partial charge in [-0.3, -0.25) is 4.79 Å². The van der Waals surface area contributed by atoms with Gasteiger partial charge in [-0.1, -0.05) is 20.8 Å². The average molecular weight is 242 g/mol. The fourth-order valence-corrected chi connectivity index (χ4v) is 1.84. The number of carbonyl (C=O) groups is 1. The van der Waals surface area contributed by atoms with Gasteiger partial charge in [0.25, 0.3) is 0 Å². The van der Waals surface area contributed by atoms with Crippen LogP contribution in [0.15, 0.2) is 0 Å². The molecule has 4 nitrogen and oxygen atoms in total. The van der Waals surface area contributed by atoms with Crippen LogP contribution in [-0.4, -0.2) is 37.7 Å². The van der Waals surface area contributed by atoms with Crippen LogP contribution in [0.1, 0.15) is 34.1 Å². The Morgan fingerprint density at radius 1 is 1.35 bits per heavy atom. The van der Waals surface area contributed by atoms with Crippen molar-refractivity contribution in [2.24, 2.45) is 11.8 Å². The molecule has 0 spiro atoms. The molecule has 1 saturated heterocycles. The summed E-state index contributed by atoms with van der Waals surface area (Å²) in [6.07, 6.45) is 1.08. The van der Waals surface area contributed by atoms with Gasteiger partial charge in [0, 0.05) is 12.1 Å². The molecule has 0 aromatic rings.